The first-order chi connectivity index (χ1) is 19.2. The number of benzene rings is 1. The Morgan fingerprint density at radius 2 is 1.31 bits per heavy atom. The van der Waals surface area contributed by atoms with Crippen molar-refractivity contribution in [2.75, 3.05) is 24.6 Å². The predicted octanol–water partition coefficient (Wildman–Crippen LogP) is 8.72. The van der Waals surface area contributed by atoms with Gasteiger partial charge in [-0.05, 0) is 30.7 Å². The van der Waals surface area contributed by atoms with Crippen molar-refractivity contribution in [3.63, 3.8) is 0 Å². The summed E-state index contributed by atoms with van der Waals surface area (Å²) in [6.45, 7) is 3.28. The third-order valence-electron chi connectivity index (χ3n) is 7.07. The standard InChI is InChI=1S/C33H51N3O3/c1-2-3-4-5-6-7-8-9-10-11-12-13-14-15-16-20-26-35-33(38)39-28-27-36(31-23-18-17-19-24-31)32(37)30-22-21-25-34-29-30/h17-19,21-25,29H,2-16,20,26-28H2,1H3,(H,35,38). The number of pyridine rings is 1. The number of carbonyl (C=O) groups excluding carboxylic acids is 2. The van der Waals surface area contributed by atoms with Crippen molar-refractivity contribution in [2.45, 2.75) is 110 Å². The molecule has 2 rings (SSSR count). The topological polar surface area (TPSA) is 71.5 Å². The zero-order valence-electron chi connectivity index (χ0n) is 24.3. The Bertz CT molecular complexity index is 876. The lowest BCUT2D eigenvalue weighted by Gasteiger charge is -2.22. The number of anilines is 1. The fraction of sp³-hybridized carbons (Fsp3) is 0.606. The summed E-state index contributed by atoms with van der Waals surface area (Å²) in [5.74, 6) is -0.175. The minimum Gasteiger partial charge on any atom is -0.448 e. The molecule has 1 aromatic carbocycles. The van der Waals surface area contributed by atoms with Crippen LogP contribution in [0.4, 0.5) is 10.5 Å². The second-order valence-corrected chi connectivity index (χ2v) is 10.4. The monoisotopic (exact) mass is 537 g/mol. The SMILES string of the molecule is CCCCCCCCCCCCCCCCCCNC(=O)OCCN(C(=O)c1cccnc1)c1ccccc1. The fourth-order valence-corrected chi connectivity index (χ4v) is 4.75. The van der Waals surface area contributed by atoms with E-state index in [0.717, 1.165) is 18.5 Å². The zero-order valence-corrected chi connectivity index (χ0v) is 24.3. The number of ether oxygens (including phenoxy) is 1. The Kier molecular flexibility index (Phi) is 18.2. The summed E-state index contributed by atoms with van der Waals surface area (Å²) >= 11 is 0. The zero-order chi connectivity index (χ0) is 27.8. The molecule has 0 fully saturated rings. The first-order valence-electron chi connectivity index (χ1n) is 15.4. The highest BCUT2D eigenvalue weighted by molar-refractivity contribution is 6.05. The molecule has 1 heterocycles. The van der Waals surface area contributed by atoms with Crippen LogP contribution >= 0.6 is 0 Å². The number of hydrogen-bond donors (Lipinski definition) is 1. The van der Waals surface area contributed by atoms with Gasteiger partial charge in [0, 0.05) is 24.6 Å². The van der Waals surface area contributed by atoms with Gasteiger partial charge in [0.25, 0.3) is 5.91 Å². The van der Waals surface area contributed by atoms with E-state index in [9.17, 15) is 9.59 Å². The average molecular weight is 538 g/mol. The quantitative estimate of drug-likeness (QED) is 0.152. The van der Waals surface area contributed by atoms with Crippen molar-refractivity contribution in [1.29, 1.82) is 0 Å². The van der Waals surface area contributed by atoms with Gasteiger partial charge in [0.05, 0.1) is 12.1 Å². The molecular formula is C33H51N3O3. The second-order valence-electron chi connectivity index (χ2n) is 10.4. The molecule has 0 spiro atoms. The van der Waals surface area contributed by atoms with Gasteiger partial charge in [-0.1, -0.05) is 121 Å². The van der Waals surface area contributed by atoms with Gasteiger partial charge in [-0.25, -0.2) is 4.79 Å². The maximum Gasteiger partial charge on any atom is 0.407 e. The maximum atomic E-state index is 13.0. The number of amides is 2. The van der Waals surface area contributed by atoms with Gasteiger partial charge in [-0.3, -0.25) is 9.78 Å². The molecule has 0 saturated carbocycles. The number of aromatic nitrogens is 1. The number of unbranched alkanes of at least 4 members (excludes halogenated alkanes) is 15. The van der Waals surface area contributed by atoms with Crippen LogP contribution in [0.1, 0.15) is 120 Å². The van der Waals surface area contributed by atoms with Crippen molar-refractivity contribution in [3.8, 4) is 0 Å². The maximum absolute atomic E-state index is 13.0. The summed E-state index contributed by atoms with van der Waals surface area (Å²) in [5, 5.41) is 2.83. The van der Waals surface area contributed by atoms with Crippen LogP contribution < -0.4 is 10.2 Å². The number of nitrogens with one attached hydrogen (secondary N) is 1. The fourth-order valence-electron chi connectivity index (χ4n) is 4.75. The molecule has 6 heteroatoms. The summed E-state index contributed by atoms with van der Waals surface area (Å²) < 4.78 is 5.35. The van der Waals surface area contributed by atoms with E-state index in [2.05, 4.69) is 17.2 Å². The van der Waals surface area contributed by atoms with Gasteiger partial charge in [0.15, 0.2) is 0 Å². The van der Waals surface area contributed by atoms with Gasteiger partial charge in [0.1, 0.15) is 6.61 Å². The van der Waals surface area contributed by atoms with Crippen LogP contribution in [0.25, 0.3) is 0 Å². The van der Waals surface area contributed by atoms with Gasteiger partial charge in [-0.2, -0.15) is 0 Å². The van der Waals surface area contributed by atoms with Gasteiger partial charge < -0.3 is 15.0 Å². The Labute approximate surface area is 236 Å². The summed E-state index contributed by atoms with van der Waals surface area (Å²) in [7, 11) is 0. The minimum absolute atomic E-state index is 0.117. The molecule has 0 radical (unpaired) electrons. The molecular weight excluding hydrogens is 486 g/mol. The van der Waals surface area contributed by atoms with E-state index in [1.165, 1.54) is 89.9 Å². The lowest BCUT2D eigenvalue weighted by molar-refractivity contribution is 0.0972. The van der Waals surface area contributed by atoms with Crippen LogP contribution in [0, 0.1) is 0 Å². The average Bonchev–Trinajstić information content (AvgIpc) is 2.97. The Morgan fingerprint density at radius 1 is 0.744 bits per heavy atom. The highest BCUT2D eigenvalue weighted by Crippen LogP contribution is 2.17. The molecule has 39 heavy (non-hydrogen) atoms. The number of alkyl carbamates (subject to hydrolysis) is 1. The Morgan fingerprint density at radius 3 is 1.85 bits per heavy atom. The largest absolute Gasteiger partial charge is 0.448 e. The number of nitrogens with zero attached hydrogens (tertiary/aromatic N) is 2. The predicted molar refractivity (Wildman–Crippen MR) is 161 cm³/mol. The summed E-state index contributed by atoms with van der Waals surface area (Å²) in [6, 6.07) is 12.9. The minimum atomic E-state index is -0.433. The normalized spacial score (nSPS) is 10.8. The molecule has 0 bridgehead atoms. The van der Waals surface area contributed by atoms with Crippen molar-refractivity contribution >= 4 is 17.7 Å². The molecule has 1 aromatic heterocycles. The molecule has 6 nitrogen and oxygen atoms in total. The number of para-hydroxylation sites is 1. The Balaban J connectivity index is 1.46. The van der Waals surface area contributed by atoms with Crippen molar-refractivity contribution in [3.05, 3.63) is 60.4 Å². The summed E-state index contributed by atoms with van der Waals surface area (Å²) in [5.41, 5.74) is 1.25. The van der Waals surface area contributed by atoms with Crippen molar-refractivity contribution < 1.29 is 14.3 Å². The summed E-state index contributed by atoms with van der Waals surface area (Å²) in [6.07, 6.45) is 24.0. The van der Waals surface area contributed by atoms with Crippen molar-refractivity contribution in [1.82, 2.24) is 10.3 Å². The van der Waals surface area contributed by atoms with E-state index in [1.54, 1.807) is 29.4 Å². The molecule has 2 amide bonds. The van der Waals surface area contributed by atoms with E-state index in [4.69, 9.17) is 4.74 Å². The van der Waals surface area contributed by atoms with Crippen molar-refractivity contribution in [2.24, 2.45) is 0 Å². The molecule has 2 aromatic rings. The molecule has 1 N–H and O–H groups in total. The number of hydrogen-bond acceptors (Lipinski definition) is 4. The third-order valence-corrected chi connectivity index (χ3v) is 7.07. The third kappa shape index (κ3) is 15.3. The molecule has 0 aliphatic rings. The number of rotatable bonds is 22. The lowest BCUT2D eigenvalue weighted by atomic mass is 10.0. The van der Waals surface area contributed by atoms with Gasteiger partial charge in [0.2, 0.25) is 0 Å². The molecule has 0 aliphatic carbocycles. The lowest BCUT2D eigenvalue weighted by Crippen LogP contribution is -2.36. The first kappa shape index (κ1) is 32.3. The Hall–Kier alpha value is -2.89. The van der Waals surface area contributed by atoms with Crippen LogP contribution in [0.3, 0.4) is 0 Å². The molecule has 0 atom stereocenters. The summed E-state index contributed by atoms with van der Waals surface area (Å²) in [4.78, 5) is 30.8. The second kappa shape index (κ2) is 22.0. The van der Waals surface area contributed by atoms with Gasteiger partial charge in [-0.15, -0.1) is 0 Å². The van der Waals surface area contributed by atoms with E-state index in [-0.39, 0.29) is 19.1 Å². The molecule has 0 aliphatic heterocycles. The van der Waals surface area contributed by atoms with Crippen LogP contribution in [0.5, 0.6) is 0 Å². The molecule has 216 valence electrons. The molecule has 0 saturated heterocycles. The van der Waals surface area contributed by atoms with Crippen LogP contribution in [0.15, 0.2) is 54.9 Å². The molecule has 0 unspecified atom stereocenters. The first-order valence-corrected chi connectivity index (χ1v) is 15.4. The smallest absolute Gasteiger partial charge is 0.407 e. The van der Waals surface area contributed by atoms with Gasteiger partial charge >= 0.3 is 6.09 Å². The van der Waals surface area contributed by atoms with E-state index in [0.29, 0.717) is 12.1 Å². The number of carbonyl (C=O) groups is 2. The van der Waals surface area contributed by atoms with E-state index in [1.807, 2.05) is 30.3 Å². The van der Waals surface area contributed by atoms with Crippen LogP contribution in [-0.2, 0) is 4.74 Å². The van der Waals surface area contributed by atoms with Crippen LogP contribution in [0.2, 0.25) is 0 Å². The van der Waals surface area contributed by atoms with E-state index >= 15 is 0 Å². The van der Waals surface area contributed by atoms with Crippen LogP contribution in [-0.4, -0.2) is 36.7 Å². The highest BCUT2D eigenvalue weighted by Gasteiger charge is 2.18. The highest BCUT2D eigenvalue weighted by atomic mass is 16.5. The van der Waals surface area contributed by atoms with E-state index < -0.39 is 6.09 Å².